The van der Waals surface area contributed by atoms with Crippen LogP contribution in [0.2, 0.25) is 0 Å². The number of amides is 1. The quantitative estimate of drug-likeness (QED) is 0.815. The lowest BCUT2D eigenvalue weighted by Crippen LogP contribution is -2.42. The van der Waals surface area contributed by atoms with Crippen LogP contribution in [-0.2, 0) is 11.8 Å². The summed E-state index contributed by atoms with van der Waals surface area (Å²) in [6.45, 7) is 2.92. The molecule has 1 atom stereocenters. The van der Waals surface area contributed by atoms with Crippen molar-refractivity contribution >= 4 is 5.91 Å². The molecular weight excluding hydrogens is 316 g/mol. The molecule has 0 spiro atoms. The van der Waals surface area contributed by atoms with Crippen molar-refractivity contribution in [2.45, 2.75) is 12.8 Å². The number of hydrogen-bond acceptors (Lipinski definition) is 4. The highest BCUT2D eigenvalue weighted by molar-refractivity contribution is 5.78. The number of rotatable bonds is 6. The number of aryl methyl sites for hydroxylation is 1. The van der Waals surface area contributed by atoms with Crippen LogP contribution in [0.25, 0.3) is 11.1 Å². The average molecular weight is 342 g/mol. The first-order valence-electron chi connectivity index (χ1n) is 8.80. The zero-order valence-electron chi connectivity index (χ0n) is 14.9. The zero-order valence-corrected chi connectivity index (χ0v) is 14.9. The van der Waals surface area contributed by atoms with E-state index in [1.54, 1.807) is 4.68 Å². The van der Waals surface area contributed by atoms with Gasteiger partial charge in [-0.3, -0.25) is 9.48 Å². The van der Waals surface area contributed by atoms with E-state index >= 15 is 0 Å². The summed E-state index contributed by atoms with van der Waals surface area (Å²) in [6.07, 6.45) is 5.87. The molecule has 1 aromatic carbocycles. The lowest BCUT2D eigenvalue weighted by Gasteiger charge is -2.28. The van der Waals surface area contributed by atoms with Crippen molar-refractivity contribution in [1.29, 1.82) is 0 Å². The monoisotopic (exact) mass is 342 g/mol. The minimum atomic E-state index is 0.104. The Hall–Kier alpha value is -2.34. The van der Waals surface area contributed by atoms with Crippen molar-refractivity contribution in [3.63, 3.8) is 0 Å². The number of nitrogens with zero attached hydrogens (tertiary/aromatic N) is 3. The molecule has 0 radical (unpaired) electrons. The number of piperidine rings is 1. The number of aromatic nitrogens is 2. The molecule has 2 aromatic rings. The van der Waals surface area contributed by atoms with Gasteiger partial charge in [-0.15, -0.1) is 0 Å². The predicted octanol–water partition coefficient (Wildman–Crippen LogP) is 1.92. The standard InChI is InChI=1S/C19H26N4O2/c1-22-9-4-6-16(13-22)19(24)20-8-10-25-18-7-3-5-15(11-18)17-12-21-23(2)14-17/h3,5,7,11-12,14,16H,4,6,8-10,13H2,1-2H3,(H,20,24)/t16-/m1/s1. The highest BCUT2D eigenvalue weighted by Crippen LogP contribution is 2.23. The Bertz CT molecular complexity index is 713. The molecule has 1 fully saturated rings. The van der Waals surface area contributed by atoms with Crippen molar-refractivity contribution < 1.29 is 9.53 Å². The van der Waals surface area contributed by atoms with Gasteiger partial charge in [0.05, 0.1) is 18.7 Å². The Morgan fingerprint density at radius 1 is 1.36 bits per heavy atom. The molecule has 0 saturated carbocycles. The van der Waals surface area contributed by atoms with Gasteiger partial charge < -0.3 is 15.0 Å². The van der Waals surface area contributed by atoms with E-state index in [4.69, 9.17) is 4.74 Å². The van der Waals surface area contributed by atoms with Gasteiger partial charge in [0.1, 0.15) is 12.4 Å². The van der Waals surface area contributed by atoms with Crippen LogP contribution in [0.1, 0.15) is 12.8 Å². The molecule has 2 heterocycles. The maximum atomic E-state index is 12.2. The molecule has 25 heavy (non-hydrogen) atoms. The molecule has 0 bridgehead atoms. The predicted molar refractivity (Wildman–Crippen MR) is 97.4 cm³/mol. The van der Waals surface area contributed by atoms with Gasteiger partial charge in [-0.25, -0.2) is 0 Å². The fourth-order valence-electron chi connectivity index (χ4n) is 3.20. The topological polar surface area (TPSA) is 59.4 Å². The van der Waals surface area contributed by atoms with Crippen molar-refractivity contribution in [1.82, 2.24) is 20.0 Å². The van der Waals surface area contributed by atoms with Crippen molar-refractivity contribution in [3.8, 4) is 16.9 Å². The van der Waals surface area contributed by atoms with Crippen LogP contribution < -0.4 is 10.1 Å². The summed E-state index contributed by atoms with van der Waals surface area (Å²) in [4.78, 5) is 14.4. The Balaban J connectivity index is 1.45. The summed E-state index contributed by atoms with van der Waals surface area (Å²) in [5, 5.41) is 7.18. The van der Waals surface area contributed by atoms with Gasteiger partial charge >= 0.3 is 0 Å². The SMILES string of the molecule is CN1CCC[C@@H](C(=O)NCCOc2cccc(-c3cnn(C)c3)c2)C1. The molecule has 134 valence electrons. The van der Waals surface area contributed by atoms with E-state index in [0.29, 0.717) is 13.2 Å². The van der Waals surface area contributed by atoms with Gasteiger partial charge in [0.2, 0.25) is 5.91 Å². The van der Waals surface area contributed by atoms with Crippen LogP contribution in [0.4, 0.5) is 0 Å². The van der Waals surface area contributed by atoms with E-state index in [1.807, 2.05) is 43.7 Å². The zero-order chi connectivity index (χ0) is 17.6. The number of likely N-dealkylation sites (tertiary alicyclic amines) is 1. The minimum absolute atomic E-state index is 0.104. The van der Waals surface area contributed by atoms with E-state index in [1.165, 1.54) is 0 Å². The molecular formula is C19H26N4O2. The van der Waals surface area contributed by atoms with Gasteiger partial charge in [-0.1, -0.05) is 12.1 Å². The lowest BCUT2D eigenvalue weighted by atomic mass is 9.98. The summed E-state index contributed by atoms with van der Waals surface area (Å²) in [7, 11) is 3.97. The second-order valence-electron chi connectivity index (χ2n) is 6.67. The Labute approximate surface area is 148 Å². The highest BCUT2D eigenvalue weighted by atomic mass is 16.5. The Morgan fingerprint density at radius 2 is 2.24 bits per heavy atom. The minimum Gasteiger partial charge on any atom is -0.492 e. The first kappa shape index (κ1) is 17.5. The largest absolute Gasteiger partial charge is 0.492 e. The summed E-state index contributed by atoms with van der Waals surface area (Å²) >= 11 is 0. The number of carbonyl (C=O) groups is 1. The van der Waals surface area contributed by atoms with Crippen LogP contribution >= 0.6 is 0 Å². The van der Waals surface area contributed by atoms with Gasteiger partial charge in [0.25, 0.3) is 0 Å². The molecule has 3 rings (SSSR count). The van der Waals surface area contributed by atoms with Gasteiger partial charge in [-0.2, -0.15) is 5.10 Å². The van der Waals surface area contributed by atoms with E-state index in [2.05, 4.69) is 22.4 Å². The van der Waals surface area contributed by atoms with E-state index in [0.717, 1.165) is 42.8 Å². The summed E-state index contributed by atoms with van der Waals surface area (Å²) < 4.78 is 7.56. The first-order chi connectivity index (χ1) is 12.1. The molecule has 1 N–H and O–H groups in total. The van der Waals surface area contributed by atoms with Crippen LogP contribution in [-0.4, -0.2) is 53.9 Å². The Morgan fingerprint density at radius 3 is 3.00 bits per heavy atom. The number of carbonyl (C=O) groups excluding carboxylic acids is 1. The fourth-order valence-corrected chi connectivity index (χ4v) is 3.20. The number of nitrogens with one attached hydrogen (secondary N) is 1. The smallest absolute Gasteiger partial charge is 0.224 e. The Kier molecular flexibility index (Phi) is 5.71. The maximum absolute atomic E-state index is 12.2. The third-order valence-corrected chi connectivity index (χ3v) is 4.54. The summed E-state index contributed by atoms with van der Waals surface area (Å²) in [6, 6.07) is 7.92. The lowest BCUT2D eigenvalue weighted by molar-refractivity contribution is -0.126. The average Bonchev–Trinajstić information content (AvgIpc) is 3.05. The van der Waals surface area contributed by atoms with Crippen LogP contribution in [0.15, 0.2) is 36.7 Å². The van der Waals surface area contributed by atoms with Gasteiger partial charge in [0.15, 0.2) is 0 Å². The molecule has 1 aliphatic rings. The maximum Gasteiger partial charge on any atom is 0.224 e. The van der Waals surface area contributed by atoms with Crippen LogP contribution in [0.3, 0.4) is 0 Å². The number of hydrogen-bond donors (Lipinski definition) is 1. The van der Waals surface area contributed by atoms with Gasteiger partial charge in [-0.05, 0) is 44.1 Å². The first-order valence-corrected chi connectivity index (χ1v) is 8.80. The van der Waals surface area contributed by atoms with Crippen LogP contribution in [0.5, 0.6) is 5.75 Å². The molecule has 0 aliphatic carbocycles. The second kappa shape index (κ2) is 8.16. The van der Waals surface area contributed by atoms with E-state index in [-0.39, 0.29) is 11.8 Å². The normalized spacial score (nSPS) is 18.1. The summed E-state index contributed by atoms with van der Waals surface area (Å²) in [5.41, 5.74) is 2.13. The third-order valence-electron chi connectivity index (χ3n) is 4.54. The molecule has 1 aromatic heterocycles. The molecule has 1 amide bonds. The van der Waals surface area contributed by atoms with E-state index < -0.39 is 0 Å². The summed E-state index contributed by atoms with van der Waals surface area (Å²) in [5.74, 6) is 1.04. The van der Waals surface area contributed by atoms with Crippen molar-refractivity contribution in [2.75, 3.05) is 33.3 Å². The third kappa shape index (κ3) is 4.82. The molecule has 6 nitrogen and oxygen atoms in total. The molecule has 1 saturated heterocycles. The molecule has 6 heteroatoms. The second-order valence-corrected chi connectivity index (χ2v) is 6.67. The highest BCUT2D eigenvalue weighted by Gasteiger charge is 2.23. The fraction of sp³-hybridized carbons (Fsp3) is 0.474. The molecule has 0 unspecified atom stereocenters. The number of ether oxygens (including phenoxy) is 1. The van der Waals surface area contributed by atoms with E-state index in [9.17, 15) is 4.79 Å². The van der Waals surface area contributed by atoms with Crippen LogP contribution in [0, 0.1) is 5.92 Å². The van der Waals surface area contributed by atoms with Crippen molar-refractivity contribution in [3.05, 3.63) is 36.7 Å². The van der Waals surface area contributed by atoms with Gasteiger partial charge in [0, 0.05) is 25.4 Å². The number of benzene rings is 1. The molecule has 1 aliphatic heterocycles. The van der Waals surface area contributed by atoms with Crippen molar-refractivity contribution in [2.24, 2.45) is 13.0 Å².